The summed E-state index contributed by atoms with van der Waals surface area (Å²) in [5.74, 6) is 0. The molecule has 2 aliphatic rings. The van der Waals surface area contributed by atoms with Gasteiger partial charge in [0.1, 0.15) is 0 Å². The van der Waals surface area contributed by atoms with Crippen LogP contribution < -0.4 is 4.90 Å². The summed E-state index contributed by atoms with van der Waals surface area (Å²) in [6, 6.07) is 10.9. The second kappa shape index (κ2) is 7.19. The molecular weight excluding hydrogens is 397 g/mol. The zero-order chi connectivity index (χ0) is 21.7. The molecule has 0 radical (unpaired) electrons. The number of benzene rings is 2. The van der Waals surface area contributed by atoms with Crippen LogP contribution in [0.15, 0.2) is 42.5 Å². The Bertz CT molecular complexity index is 968. The zero-order valence-electron chi connectivity index (χ0n) is 16.7. The van der Waals surface area contributed by atoms with Gasteiger partial charge in [0.05, 0.1) is 6.10 Å². The van der Waals surface area contributed by atoms with Crippen LogP contribution in [0.4, 0.5) is 23.7 Å². The molecule has 0 spiro atoms. The Morgan fingerprint density at radius 3 is 2.30 bits per heavy atom. The van der Waals surface area contributed by atoms with E-state index >= 15 is 0 Å². The maximum absolute atomic E-state index is 14.0. The molecule has 1 heterocycles. The molecule has 0 bridgehead atoms. The number of fused-ring (bicyclic) bond motifs is 3. The summed E-state index contributed by atoms with van der Waals surface area (Å²) in [4.78, 5) is 15.6. The zero-order valence-corrected chi connectivity index (χ0v) is 16.7. The lowest BCUT2D eigenvalue weighted by atomic mass is 9.90. The Hall–Kier alpha value is -2.74. The fourth-order valence-corrected chi connectivity index (χ4v) is 4.17. The monoisotopic (exact) mass is 420 g/mol. The van der Waals surface area contributed by atoms with Crippen LogP contribution in [0.1, 0.15) is 25.0 Å². The van der Waals surface area contributed by atoms with E-state index < -0.39 is 11.8 Å². The van der Waals surface area contributed by atoms with Crippen LogP contribution in [0, 0.1) is 0 Å². The Labute approximate surface area is 172 Å². The molecular formula is C22H23F3N2O3. The van der Waals surface area contributed by atoms with Crippen molar-refractivity contribution in [3.63, 3.8) is 0 Å². The average molecular weight is 420 g/mol. The standard InChI is InChI=1S/C22H23F3N2O3/c1-14(2)30-20(28)27-11-9-26(10-12-27)15-7-8-17-16-5-3-4-6-18(16)21(29,19(17)13-15)22(23,24)25/h3-8,13-14,29H,9-12H2,1-2H3. The maximum Gasteiger partial charge on any atom is 0.425 e. The lowest BCUT2D eigenvalue weighted by Gasteiger charge is -2.36. The van der Waals surface area contributed by atoms with Crippen molar-refractivity contribution in [3.05, 3.63) is 53.6 Å². The largest absolute Gasteiger partial charge is 0.447 e. The molecule has 1 fully saturated rings. The molecule has 1 saturated heterocycles. The number of halogens is 3. The van der Waals surface area contributed by atoms with Crippen molar-refractivity contribution in [2.24, 2.45) is 0 Å². The molecule has 2 aromatic carbocycles. The molecule has 1 unspecified atom stereocenters. The summed E-state index contributed by atoms with van der Waals surface area (Å²) in [7, 11) is 0. The van der Waals surface area contributed by atoms with Crippen molar-refractivity contribution in [2.75, 3.05) is 31.1 Å². The molecule has 1 N–H and O–H groups in total. The highest BCUT2D eigenvalue weighted by atomic mass is 19.4. The van der Waals surface area contributed by atoms with E-state index in [9.17, 15) is 23.1 Å². The van der Waals surface area contributed by atoms with Crippen LogP contribution in [0.25, 0.3) is 11.1 Å². The molecule has 1 atom stereocenters. The second-order valence-electron chi connectivity index (χ2n) is 7.89. The molecule has 0 saturated carbocycles. The van der Waals surface area contributed by atoms with Crippen LogP contribution in [0.5, 0.6) is 0 Å². The number of nitrogens with zero attached hydrogens (tertiary/aromatic N) is 2. The van der Waals surface area contributed by atoms with Gasteiger partial charge in [-0.25, -0.2) is 4.79 Å². The summed E-state index contributed by atoms with van der Waals surface area (Å²) in [6.45, 7) is 5.29. The number of ether oxygens (including phenoxy) is 1. The van der Waals surface area contributed by atoms with Crippen molar-refractivity contribution in [1.82, 2.24) is 4.90 Å². The van der Waals surface area contributed by atoms with Crippen molar-refractivity contribution < 1.29 is 27.8 Å². The summed E-state index contributed by atoms with van der Waals surface area (Å²) in [5, 5.41) is 10.8. The van der Waals surface area contributed by atoms with E-state index in [0.29, 0.717) is 43.0 Å². The number of piperazine rings is 1. The lowest BCUT2D eigenvalue weighted by Crippen LogP contribution is -2.49. The van der Waals surface area contributed by atoms with Crippen LogP contribution >= 0.6 is 0 Å². The Kier molecular flexibility index (Phi) is 4.92. The summed E-state index contributed by atoms with van der Waals surface area (Å²) in [5.41, 5.74) is -1.99. The minimum atomic E-state index is -4.85. The number of carbonyl (C=O) groups is 1. The first-order chi connectivity index (χ1) is 14.1. The normalized spacial score (nSPS) is 20.9. The second-order valence-corrected chi connectivity index (χ2v) is 7.89. The van der Waals surface area contributed by atoms with Gasteiger partial charge in [-0.2, -0.15) is 13.2 Å². The van der Waals surface area contributed by atoms with Crippen molar-refractivity contribution >= 4 is 11.8 Å². The number of rotatable bonds is 2. The van der Waals surface area contributed by atoms with Gasteiger partial charge in [0.25, 0.3) is 0 Å². The van der Waals surface area contributed by atoms with E-state index in [1.54, 1.807) is 43.0 Å². The fraction of sp³-hybridized carbons (Fsp3) is 0.409. The van der Waals surface area contributed by atoms with Crippen LogP contribution in [0.2, 0.25) is 0 Å². The smallest absolute Gasteiger partial charge is 0.425 e. The molecule has 30 heavy (non-hydrogen) atoms. The van der Waals surface area contributed by atoms with E-state index in [-0.39, 0.29) is 23.3 Å². The predicted molar refractivity (Wildman–Crippen MR) is 106 cm³/mol. The third-order valence-corrected chi connectivity index (χ3v) is 5.65. The third-order valence-electron chi connectivity index (χ3n) is 5.65. The Morgan fingerprint density at radius 1 is 1.03 bits per heavy atom. The number of hydrogen-bond acceptors (Lipinski definition) is 4. The highest BCUT2D eigenvalue weighted by molar-refractivity contribution is 5.82. The van der Waals surface area contributed by atoms with Gasteiger partial charge < -0.3 is 19.6 Å². The first kappa shape index (κ1) is 20.5. The van der Waals surface area contributed by atoms with Gasteiger partial charge in [-0.3, -0.25) is 0 Å². The molecule has 160 valence electrons. The van der Waals surface area contributed by atoms with Gasteiger partial charge in [0.15, 0.2) is 0 Å². The number of anilines is 1. The van der Waals surface area contributed by atoms with Gasteiger partial charge in [-0.15, -0.1) is 0 Å². The first-order valence-electron chi connectivity index (χ1n) is 9.87. The molecule has 1 aliphatic heterocycles. The minimum absolute atomic E-state index is 0.147. The van der Waals surface area contributed by atoms with Crippen molar-refractivity contribution in [1.29, 1.82) is 0 Å². The molecule has 0 aromatic heterocycles. The van der Waals surface area contributed by atoms with Crippen molar-refractivity contribution in [3.8, 4) is 11.1 Å². The summed E-state index contributed by atoms with van der Waals surface area (Å²) >= 11 is 0. The molecule has 2 aromatic rings. The van der Waals surface area contributed by atoms with Gasteiger partial charge in [0.2, 0.25) is 5.60 Å². The predicted octanol–water partition coefficient (Wildman–Crippen LogP) is 4.13. The third kappa shape index (κ3) is 3.19. The van der Waals surface area contributed by atoms with Gasteiger partial charge in [0, 0.05) is 43.0 Å². The Morgan fingerprint density at radius 2 is 1.67 bits per heavy atom. The minimum Gasteiger partial charge on any atom is -0.447 e. The Balaban J connectivity index is 1.62. The lowest BCUT2D eigenvalue weighted by molar-refractivity contribution is -0.246. The number of carbonyl (C=O) groups excluding carboxylic acids is 1. The number of amides is 1. The molecule has 5 nitrogen and oxygen atoms in total. The summed E-state index contributed by atoms with van der Waals surface area (Å²) < 4.78 is 47.2. The molecule has 1 amide bonds. The van der Waals surface area contributed by atoms with E-state index in [1.165, 1.54) is 18.2 Å². The first-order valence-corrected chi connectivity index (χ1v) is 9.87. The quantitative estimate of drug-likeness (QED) is 0.794. The van der Waals surface area contributed by atoms with E-state index in [1.807, 2.05) is 4.90 Å². The van der Waals surface area contributed by atoms with Gasteiger partial charge in [-0.1, -0.05) is 30.3 Å². The number of alkyl halides is 3. The molecule has 1 aliphatic carbocycles. The van der Waals surface area contributed by atoms with E-state index in [0.717, 1.165) is 0 Å². The summed E-state index contributed by atoms with van der Waals surface area (Å²) in [6.07, 6.45) is -5.46. The average Bonchev–Trinajstić information content (AvgIpc) is 2.97. The number of hydrogen-bond donors (Lipinski definition) is 1. The number of aliphatic hydroxyl groups is 1. The highest BCUT2D eigenvalue weighted by Gasteiger charge is 2.60. The fourth-order valence-electron chi connectivity index (χ4n) is 4.17. The topological polar surface area (TPSA) is 53.0 Å². The van der Waals surface area contributed by atoms with Crippen LogP contribution in [-0.2, 0) is 10.3 Å². The SMILES string of the molecule is CC(C)OC(=O)N1CCN(c2ccc3c(c2)C(O)(C(F)(F)F)c2ccccc2-3)CC1. The highest BCUT2D eigenvalue weighted by Crippen LogP contribution is 2.55. The van der Waals surface area contributed by atoms with E-state index in [4.69, 9.17) is 4.74 Å². The van der Waals surface area contributed by atoms with Crippen LogP contribution in [-0.4, -0.2) is 54.6 Å². The molecule has 4 rings (SSSR count). The van der Waals surface area contributed by atoms with Crippen LogP contribution in [0.3, 0.4) is 0 Å². The van der Waals surface area contributed by atoms with Gasteiger partial charge in [-0.05, 0) is 37.1 Å². The van der Waals surface area contributed by atoms with Crippen molar-refractivity contribution in [2.45, 2.75) is 31.7 Å². The van der Waals surface area contributed by atoms with Gasteiger partial charge >= 0.3 is 12.3 Å². The van der Waals surface area contributed by atoms with E-state index in [2.05, 4.69) is 0 Å². The maximum atomic E-state index is 14.0. The molecule has 8 heteroatoms.